The van der Waals surface area contributed by atoms with Crippen LogP contribution in [0.1, 0.15) is 11.1 Å². The number of H-pyrrole nitrogens is 1. The first-order valence-corrected chi connectivity index (χ1v) is 6.69. The number of nitrogens with one attached hydrogen (secondary N) is 1. The molecule has 5 nitrogen and oxygen atoms in total. The molecular weight excluding hydrogens is 266 g/mol. The lowest BCUT2D eigenvalue weighted by molar-refractivity contribution is 0.414. The van der Waals surface area contributed by atoms with Crippen molar-refractivity contribution in [3.05, 3.63) is 57.9 Å². The summed E-state index contributed by atoms with van der Waals surface area (Å²) in [6.45, 7) is 0. The first-order valence-electron chi connectivity index (χ1n) is 6.69. The van der Waals surface area contributed by atoms with Gasteiger partial charge in [0.2, 0.25) is 0 Å². The number of nitrogens with two attached hydrogens (primary N) is 1. The summed E-state index contributed by atoms with van der Waals surface area (Å²) in [5.41, 5.74) is 9.46. The molecule has 2 aromatic carbocycles. The minimum absolute atomic E-state index is 0.151. The van der Waals surface area contributed by atoms with Gasteiger partial charge in [-0.15, -0.1) is 0 Å². The van der Waals surface area contributed by atoms with Crippen LogP contribution in [0.5, 0.6) is 5.75 Å². The normalized spacial score (nSPS) is 11.0. The van der Waals surface area contributed by atoms with Gasteiger partial charge in [0, 0.05) is 7.05 Å². The maximum absolute atomic E-state index is 11.9. The van der Waals surface area contributed by atoms with E-state index in [4.69, 9.17) is 10.5 Å². The van der Waals surface area contributed by atoms with Crippen molar-refractivity contribution >= 4 is 16.6 Å². The maximum Gasteiger partial charge on any atom is 0.274 e. The van der Waals surface area contributed by atoms with Crippen molar-refractivity contribution in [2.24, 2.45) is 7.05 Å². The van der Waals surface area contributed by atoms with Gasteiger partial charge in [0.25, 0.3) is 5.56 Å². The number of hydrogen-bond acceptors (Lipinski definition) is 3. The number of methoxy groups -OCH3 is 1. The lowest BCUT2D eigenvalue weighted by Gasteiger charge is -2.08. The molecule has 0 atom stereocenters. The summed E-state index contributed by atoms with van der Waals surface area (Å²) in [7, 11) is 3.44. The van der Waals surface area contributed by atoms with Crippen molar-refractivity contribution in [1.82, 2.24) is 9.78 Å². The highest BCUT2D eigenvalue weighted by Crippen LogP contribution is 2.24. The number of aryl methyl sites for hydroxylation is 1. The molecule has 0 aliphatic carbocycles. The van der Waals surface area contributed by atoms with Gasteiger partial charge in [0.1, 0.15) is 5.75 Å². The molecule has 0 aliphatic rings. The van der Waals surface area contributed by atoms with Crippen LogP contribution in [0.2, 0.25) is 0 Å². The number of rotatable bonds is 3. The Morgan fingerprint density at radius 2 is 1.90 bits per heavy atom. The molecule has 3 rings (SSSR count). The monoisotopic (exact) mass is 283 g/mol. The Bertz CT molecular complexity index is 844. The van der Waals surface area contributed by atoms with Gasteiger partial charge in [-0.3, -0.25) is 14.6 Å². The minimum Gasteiger partial charge on any atom is -0.497 e. The van der Waals surface area contributed by atoms with Gasteiger partial charge in [0.15, 0.2) is 0 Å². The molecule has 0 spiro atoms. The van der Waals surface area contributed by atoms with Gasteiger partial charge >= 0.3 is 0 Å². The van der Waals surface area contributed by atoms with Crippen molar-refractivity contribution < 1.29 is 4.74 Å². The smallest absolute Gasteiger partial charge is 0.274 e. The molecule has 0 saturated heterocycles. The second-order valence-corrected chi connectivity index (χ2v) is 5.06. The number of fused-ring (bicyclic) bond motifs is 1. The highest BCUT2D eigenvalue weighted by molar-refractivity contribution is 5.92. The Labute approximate surface area is 121 Å². The van der Waals surface area contributed by atoms with Gasteiger partial charge in [-0.25, -0.2) is 0 Å². The maximum atomic E-state index is 11.9. The fourth-order valence-corrected chi connectivity index (χ4v) is 2.56. The Morgan fingerprint density at radius 3 is 2.57 bits per heavy atom. The number of benzene rings is 2. The van der Waals surface area contributed by atoms with Crippen LogP contribution in [-0.4, -0.2) is 16.9 Å². The van der Waals surface area contributed by atoms with Crippen LogP contribution in [0.15, 0.2) is 41.2 Å². The molecule has 0 amide bonds. The summed E-state index contributed by atoms with van der Waals surface area (Å²) in [5, 5.41) is 3.29. The molecule has 0 saturated carbocycles. The van der Waals surface area contributed by atoms with Crippen molar-refractivity contribution in [3.63, 3.8) is 0 Å². The molecule has 0 unspecified atom stereocenters. The van der Waals surface area contributed by atoms with E-state index in [9.17, 15) is 4.79 Å². The molecule has 3 N–H and O–H groups in total. The van der Waals surface area contributed by atoms with Crippen LogP contribution < -0.4 is 16.0 Å². The first kappa shape index (κ1) is 13.3. The molecule has 0 radical (unpaired) electrons. The van der Waals surface area contributed by atoms with E-state index in [1.807, 2.05) is 36.4 Å². The predicted molar refractivity (Wildman–Crippen MR) is 83.8 cm³/mol. The molecule has 3 aromatic rings. The predicted octanol–water partition coefficient (Wildman–Crippen LogP) is 2.05. The van der Waals surface area contributed by atoms with E-state index < -0.39 is 0 Å². The third-order valence-electron chi connectivity index (χ3n) is 3.73. The summed E-state index contributed by atoms with van der Waals surface area (Å²) < 4.78 is 6.83. The van der Waals surface area contributed by atoms with E-state index in [1.165, 1.54) is 0 Å². The molecular formula is C16H17N3O2. The molecule has 0 fully saturated rings. The van der Waals surface area contributed by atoms with E-state index >= 15 is 0 Å². The first-order chi connectivity index (χ1) is 10.1. The van der Waals surface area contributed by atoms with Crippen LogP contribution in [0, 0.1) is 0 Å². The number of ether oxygens (including phenoxy) is 1. The molecule has 21 heavy (non-hydrogen) atoms. The van der Waals surface area contributed by atoms with E-state index in [0.717, 1.165) is 22.4 Å². The number of aromatic amines is 1. The lowest BCUT2D eigenvalue weighted by atomic mass is 10.0. The standard InChI is InChI=1S/C16H17N3O2/c1-19-13-8-5-11(15(17)14(13)16(20)18-19)9-10-3-6-12(21-2)7-4-10/h3-8H,9,17H2,1-2H3,(H,18,20). The summed E-state index contributed by atoms with van der Waals surface area (Å²) >= 11 is 0. The third kappa shape index (κ3) is 2.27. The van der Waals surface area contributed by atoms with Crippen molar-refractivity contribution in [3.8, 4) is 5.75 Å². The van der Waals surface area contributed by atoms with Crippen molar-refractivity contribution in [1.29, 1.82) is 0 Å². The van der Waals surface area contributed by atoms with Crippen LogP contribution in [0.25, 0.3) is 10.9 Å². The average Bonchev–Trinajstić information content (AvgIpc) is 2.78. The van der Waals surface area contributed by atoms with E-state index in [-0.39, 0.29) is 5.56 Å². The van der Waals surface area contributed by atoms with E-state index in [1.54, 1.807) is 18.8 Å². The summed E-state index contributed by atoms with van der Waals surface area (Å²) in [4.78, 5) is 11.9. The van der Waals surface area contributed by atoms with Gasteiger partial charge in [0.05, 0.1) is 23.7 Å². The number of aromatic nitrogens is 2. The Morgan fingerprint density at radius 1 is 1.19 bits per heavy atom. The molecule has 5 heteroatoms. The van der Waals surface area contributed by atoms with Crippen molar-refractivity contribution in [2.45, 2.75) is 6.42 Å². The Kier molecular flexibility index (Phi) is 3.17. The van der Waals surface area contributed by atoms with E-state index in [2.05, 4.69) is 5.10 Å². The second kappa shape index (κ2) is 5.01. The van der Waals surface area contributed by atoms with E-state index in [0.29, 0.717) is 17.5 Å². The molecule has 1 aromatic heterocycles. The van der Waals surface area contributed by atoms with Crippen LogP contribution >= 0.6 is 0 Å². The zero-order chi connectivity index (χ0) is 15.0. The molecule has 1 heterocycles. The SMILES string of the molecule is COc1ccc(Cc2ccc3c(c2N)c(=O)[nH]n3C)cc1. The Balaban J connectivity index is 2.02. The van der Waals surface area contributed by atoms with Gasteiger partial charge in [-0.05, 0) is 35.7 Å². The minimum atomic E-state index is -0.151. The fourth-order valence-electron chi connectivity index (χ4n) is 2.56. The lowest BCUT2D eigenvalue weighted by Crippen LogP contribution is -2.04. The highest BCUT2D eigenvalue weighted by atomic mass is 16.5. The molecule has 0 aliphatic heterocycles. The summed E-state index contributed by atoms with van der Waals surface area (Å²) in [6.07, 6.45) is 0.681. The van der Waals surface area contributed by atoms with Crippen LogP contribution in [-0.2, 0) is 13.5 Å². The third-order valence-corrected chi connectivity index (χ3v) is 3.73. The number of anilines is 1. The largest absolute Gasteiger partial charge is 0.497 e. The number of hydrogen-bond donors (Lipinski definition) is 2. The fraction of sp³-hybridized carbons (Fsp3) is 0.188. The van der Waals surface area contributed by atoms with Gasteiger partial charge in [-0.2, -0.15) is 0 Å². The zero-order valence-electron chi connectivity index (χ0n) is 12.0. The summed E-state index contributed by atoms with van der Waals surface area (Å²) in [5.74, 6) is 0.821. The van der Waals surface area contributed by atoms with Crippen molar-refractivity contribution in [2.75, 3.05) is 12.8 Å². The van der Waals surface area contributed by atoms with Crippen LogP contribution in [0.3, 0.4) is 0 Å². The average molecular weight is 283 g/mol. The molecule has 108 valence electrons. The summed E-state index contributed by atoms with van der Waals surface area (Å²) in [6, 6.07) is 11.7. The zero-order valence-corrected chi connectivity index (χ0v) is 12.0. The second-order valence-electron chi connectivity index (χ2n) is 5.06. The number of nitrogen functional groups attached to an aromatic ring is 1. The molecule has 0 bridgehead atoms. The van der Waals surface area contributed by atoms with Crippen LogP contribution in [0.4, 0.5) is 5.69 Å². The van der Waals surface area contributed by atoms with Gasteiger partial charge in [-0.1, -0.05) is 18.2 Å². The van der Waals surface area contributed by atoms with Gasteiger partial charge < -0.3 is 10.5 Å². The Hall–Kier alpha value is -2.69. The topological polar surface area (TPSA) is 73.0 Å². The quantitative estimate of drug-likeness (QED) is 0.722. The highest BCUT2D eigenvalue weighted by Gasteiger charge is 2.11. The number of nitrogens with zero attached hydrogens (tertiary/aromatic N) is 1.